The van der Waals surface area contributed by atoms with Gasteiger partial charge in [0.15, 0.2) is 0 Å². The van der Waals surface area contributed by atoms with Crippen LogP contribution >= 0.6 is 0 Å². The van der Waals surface area contributed by atoms with Crippen molar-refractivity contribution in [3.63, 3.8) is 0 Å². The predicted molar refractivity (Wildman–Crippen MR) is 58.8 cm³/mol. The maximum absolute atomic E-state index is 8.75. The highest BCUT2D eigenvalue weighted by molar-refractivity contribution is 5.58. The van der Waals surface area contributed by atoms with Gasteiger partial charge in [0.1, 0.15) is 0 Å². The van der Waals surface area contributed by atoms with E-state index in [4.69, 9.17) is 5.11 Å². The van der Waals surface area contributed by atoms with Gasteiger partial charge in [0.05, 0.1) is 0 Å². The van der Waals surface area contributed by atoms with Crippen LogP contribution in [0.3, 0.4) is 0 Å². The maximum atomic E-state index is 8.75. The third kappa shape index (κ3) is 1.75. The zero-order valence-electron chi connectivity index (χ0n) is 8.66. The number of hydrogen-bond acceptors (Lipinski definition) is 2. The van der Waals surface area contributed by atoms with Gasteiger partial charge in [-0.15, -0.1) is 0 Å². The summed E-state index contributed by atoms with van der Waals surface area (Å²) in [4.78, 5) is 2.30. The minimum absolute atomic E-state index is 0.289. The molecule has 14 heavy (non-hydrogen) atoms. The number of rotatable bonds is 3. The van der Waals surface area contributed by atoms with E-state index in [0.29, 0.717) is 0 Å². The molecule has 0 bridgehead atoms. The van der Waals surface area contributed by atoms with Crippen LogP contribution in [0, 0.1) is 0 Å². The summed E-state index contributed by atoms with van der Waals surface area (Å²) in [5.74, 6) is 0. The maximum Gasteiger partial charge on any atom is 0.0434 e. The Kier molecular flexibility index (Phi) is 2.73. The summed E-state index contributed by atoms with van der Waals surface area (Å²) >= 11 is 0. The third-order valence-corrected chi connectivity index (χ3v) is 2.90. The highest BCUT2D eigenvalue weighted by Gasteiger charge is 2.14. The molecular formula is C12H17NO. The molecule has 0 radical (unpaired) electrons. The van der Waals surface area contributed by atoms with Gasteiger partial charge in [-0.3, -0.25) is 0 Å². The third-order valence-electron chi connectivity index (χ3n) is 2.90. The molecule has 1 aromatic carbocycles. The van der Waals surface area contributed by atoms with Crippen LogP contribution in [0.15, 0.2) is 18.2 Å². The van der Waals surface area contributed by atoms with E-state index < -0.39 is 0 Å². The summed E-state index contributed by atoms with van der Waals surface area (Å²) in [5.41, 5.74) is 4.19. The number of anilines is 1. The first-order valence-corrected chi connectivity index (χ1v) is 5.25. The molecule has 2 heteroatoms. The fourth-order valence-electron chi connectivity index (χ4n) is 2.06. The summed E-state index contributed by atoms with van der Waals surface area (Å²) in [6, 6.07) is 6.67. The molecular weight excluding hydrogens is 174 g/mol. The van der Waals surface area contributed by atoms with Crippen LogP contribution in [0.1, 0.15) is 17.5 Å². The summed E-state index contributed by atoms with van der Waals surface area (Å²) in [6.45, 7) is 1.43. The predicted octanol–water partition coefficient (Wildman–Crippen LogP) is 1.60. The lowest BCUT2D eigenvalue weighted by atomic mass is 10.0. The summed E-state index contributed by atoms with van der Waals surface area (Å²) in [5, 5.41) is 8.75. The zero-order valence-corrected chi connectivity index (χ0v) is 8.66. The van der Waals surface area contributed by atoms with Crippen LogP contribution < -0.4 is 4.90 Å². The smallest absolute Gasteiger partial charge is 0.0434 e. The molecule has 0 unspecified atom stereocenters. The lowest BCUT2D eigenvalue weighted by Crippen LogP contribution is -2.12. The van der Waals surface area contributed by atoms with E-state index in [2.05, 4.69) is 30.1 Å². The number of hydrogen-bond donors (Lipinski definition) is 1. The average molecular weight is 191 g/mol. The van der Waals surface area contributed by atoms with Gasteiger partial charge < -0.3 is 10.0 Å². The Hall–Kier alpha value is -1.02. The lowest BCUT2D eigenvalue weighted by Gasteiger charge is -2.11. The number of aliphatic hydroxyl groups is 1. The Morgan fingerprint density at radius 3 is 3.07 bits per heavy atom. The average Bonchev–Trinajstić information content (AvgIpc) is 2.57. The van der Waals surface area contributed by atoms with Crippen molar-refractivity contribution in [2.45, 2.75) is 19.3 Å². The summed E-state index contributed by atoms with van der Waals surface area (Å²) in [7, 11) is 2.14. The molecule has 0 fully saturated rings. The van der Waals surface area contributed by atoms with Crippen molar-refractivity contribution in [2.24, 2.45) is 0 Å². The SMILES string of the molecule is CN1CCc2cc(CCCO)ccc21. The fourth-order valence-corrected chi connectivity index (χ4v) is 2.06. The summed E-state index contributed by atoms with van der Waals surface area (Å²) < 4.78 is 0. The van der Waals surface area contributed by atoms with Gasteiger partial charge in [-0.25, -0.2) is 0 Å². The van der Waals surface area contributed by atoms with E-state index in [9.17, 15) is 0 Å². The van der Waals surface area contributed by atoms with E-state index in [1.165, 1.54) is 23.2 Å². The molecule has 0 amide bonds. The summed E-state index contributed by atoms with van der Waals surface area (Å²) in [6.07, 6.45) is 3.03. The molecule has 0 saturated heterocycles. The fraction of sp³-hybridized carbons (Fsp3) is 0.500. The molecule has 0 saturated carbocycles. The molecule has 1 aromatic rings. The van der Waals surface area contributed by atoms with Gasteiger partial charge in [0.2, 0.25) is 0 Å². The standard InChI is InChI=1S/C12H17NO/c1-13-7-6-11-9-10(3-2-8-14)4-5-12(11)13/h4-5,9,14H,2-3,6-8H2,1H3. The minimum Gasteiger partial charge on any atom is -0.396 e. The van der Waals surface area contributed by atoms with Gasteiger partial charge in [-0.05, 0) is 36.5 Å². The van der Waals surface area contributed by atoms with Crippen molar-refractivity contribution in [2.75, 3.05) is 25.1 Å². The quantitative estimate of drug-likeness (QED) is 0.784. The molecule has 1 aliphatic heterocycles. The van der Waals surface area contributed by atoms with Crippen molar-refractivity contribution < 1.29 is 5.11 Å². The number of benzene rings is 1. The van der Waals surface area contributed by atoms with E-state index in [-0.39, 0.29) is 6.61 Å². The topological polar surface area (TPSA) is 23.5 Å². The molecule has 1 aliphatic rings. The molecule has 2 nitrogen and oxygen atoms in total. The second kappa shape index (κ2) is 4.01. The number of nitrogens with zero attached hydrogens (tertiary/aromatic N) is 1. The van der Waals surface area contributed by atoms with Gasteiger partial charge >= 0.3 is 0 Å². The zero-order chi connectivity index (χ0) is 9.97. The molecule has 0 aromatic heterocycles. The van der Waals surface area contributed by atoms with E-state index in [1.54, 1.807) is 0 Å². The first kappa shape index (κ1) is 9.53. The van der Waals surface area contributed by atoms with Crippen LogP contribution in [-0.4, -0.2) is 25.3 Å². The van der Waals surface area contributed by atoms with Gasteiger partial charge in [-0.1, -0.05) is 12.1 Å². The second-order valence-corrected chi connectivity index (χ2v) is 3.96. The molecule has 0 aliphatic carbocycles. The van der Waals surface area contributed by atoms with Gasteiger partial charge in [0.25, 0.3) is 0 Å². The van der Waals surface area contributed by atoms with Crippen LogP contribution in [-0.2, 0) is 12.8 Å². The minimum atomic E-state index is 0.289. The molecule has 1 heterocycles. The first-order chi connectivity index (χ1) is 6.81. The van der Waals surface area contributed by atoms with E-state index in [1.807, 2.05) is 0 Å². The number of aryl methyl sites for hydroxylation is 1. The monoisotopic (exact) mass is 191 g/mol. The van der Waals surface area contributed by atoms with Crippen molar-refractivity contribution in [3.8, 4) is 0 Å². The molecule has 2 rings (SSSR count). The Bertz CT molecular complexity index is 322. The van der Waals surface area contributed by atoms with Gasteiger partial charge in [0, 0.05) is 25.9 Å². The number of likely N-dealkylation sites (N-methyl/N-ethyl adjacent to an activating group) is 1. The Morgan fingerprint density at radius 2 is 2.29 bits per heavy atom. The highest BCUT2D eigenvalue weighted by Crippen LogP contribution is 2.27. The van der Waals surface area contributed by atoms with Crippen LogP contribution in [0.5, 0.6) is 0 Å². The lowest BCUT2D eigenvalue weighted by molar-refractivity contribution is 0.288. The first-order valence-electron chi connectivity index (χ1n) is 5.25. The molecule has 76 valence electrons. The van der Waals surface area contributed by atoms with Crippen molar-refractivity contribution >= 4 is 5.69 Å². The molecule has 0 atom stereocenters. The van der Waals surface area contributed by atoms with Crippen LogP contribution in [0.2, 0.25) is 0 Å². The second-order valence-electron chi connectivity index (χ2n) is 3.96. The van der Waals surface area contributed by atoms with Gasteiger partial charge in [-0.2, -0.15) is 0 Å². The van der Waals surface area contributed by atoms with Crippen molar-refractivity contribution in [3.05, 3.63) is 29.3 Å². The van der Waals surface area contributed by atoms with E-state index in [0.717, 1.165) is 19.4 Å². The number of aliphatic hydroxyl groups excluding tert-OH is 1. The van der Waals surface area contributed by atoms with Crippen LogP contribution in [0.4, 0.5) is 5.69 Å². The van der Waals surface area contributed by atoms with Crippen LogP contribution in [0.25, 0.3) is 0 Å². The Labute approximate surface area is 85.2 Å². The Balaban J connectivity index is 2.15. The number of fused-ring (bicyclic) bond motifs is 1. The van der Waals surface area contributed by atoms with Crippen molar-refractivity contribution in [1.82, 2.24) is 0 Å². The van der Waals surface area contributed by atoms with Crippen molar-refractivity contribution in [1.29, 1.82) is 0 Å². The normalized spacial score (nSPS) is 14.6. The molecule has 1 N–H and O–H groups in total. The highest BCUT2D eigenvalue weighted by atomic mass is 16.2. The largest absolute Gasteiger partial charge is 0.396 e. The molecule has 0 spiro atoms. The Morgan fingerprint density at radius 1 is 1.43 bits per heavy atom. The van der Waals surface area contributed by atoms with E-state index >= 15 is 0 Å².